The van der Waals surface area contributed by atoms with Crippen LogP contribution >= 0.6 is 0 Å². The standard InChI is InChI=1S/C6H8N.C5H5.CH3.Ru/c1-5-3-4-6(2)7-5;1-2-4-5-3-1;;/h3,7H,1-2H3;1-3H,4H2;1H3;/q3*-1;+3. The minimum Gasteiger partial charge on any atom is -0.456 e. The molecule has 1 radical (unpaired) electrons. The number of aromatic nitrogens is 1. The zero-order valence-corrected chi connectivity index (χ0v) is 10.6. The number of hydrogen-bond acceptors (Lipinski definition) is 0. The van der Waals surface area contributed by atoms with Crippen molar-refractivity contribution in [2.45, 2.75) is 20.3 Å². The van der Waals surface area contributed by atoms with Gasteiger partial charge in [0.2, 0.25) is 0 Å². The predicted octanol–water partition coefficient (Wildman–Crippen LogP) is 3.19. The fourth-order valence-corrected chi connectivity index (χ4v) is 0.925. The van der Waals surface area contributed by atoms with Gasteiger partial charge >= 0.3 is 19.5 Å². The van der Waals surface area contributed by atoms with Gasteiger partial charge in [-0.3, -0.25) is 6.08 Å². The van der Waals surface area contributed by atoms with E-state index < -0.39 is 0 Å². The normalized spacial score (nSPS) is 11.0. The Balaban J connectivity index is 0. The van der Waals surface area contributed by atoms with E-state index >= 15 is 0 Å². The number of rotatable bonds is 0. The molecule has 0 spiro atoms. The van der Waals surface area contributed by atoms with Crippen LogP contribution in [0.4, 0.5) is 0 Å². The Labute approximate surface area is 100 Å². The van der Waals surface area contributed by atoms with Gasteiger partial charge in [-0.05, 0) is 6.92 Å². The van der Waals surface area contributed by atoms with Gasteiger partial charge in [-0.15, -0.1) is 12.1 Å². The Hall–Kier alpha value is -0.617. The maximum Gasteiger partial charge on any atom is 3.00 e. The van der Waals surface area contributed by atoms with Crippen molar-refractivity contribution in [1.82, 2.24) is 4.98 Å². The molecule has 0 aromatic carbocycles. The maximum absolute atomic E-state index is 3.08. The molecule has 2 rings (SSSR count). The fourth-order valence-electron chi connectivity index (χ4n) is 0.925. The molecule has 0 atom stereocenters. The van der Waals surface area contributed by atoms with Gasteiger partial charge in [0, 0.05) is 0 Å². The molecule has 1 aliphatic carbocycles. The Morgan fingerprint density at radius 2 is 2.07 bits per heavy atom. The van der Waals surface area contributed by atoms with Crippen molar-refractivity contribution in [2.75, 3.05) is 0 Å². The van der Waals surface area contributed by atoms with E-state index in [1.807, 2.05) is 32.1 Å². The summed E-state index contributed by atoms with van der Waals surface area (Å²) in [5.41, 5.74) is 2.29. The summed E-state index contributed by atoms with van der Waals surface area (Å²) in [5, 5.41) is 0. The van der Waals surface area contributed by atoms with Crippen molar-refractivity contribution in [3.8, 4) is 0 Å². The molecular formula is C12H16NRu. The predicted molar refractivity (Wildman–Crippen MR) is 57.1 cm³/mol. The average molecular weight is 275 g/mol. The van der Waals surface area contributed by atoms with Gasteiger partial charge in [-0.1, -0.05) is 12.6 Å². The summed E-state index contributed by atoms with van der Waals surface area (Å²) < 4.78 is 0. The largest absolute Gasteiger partial charge is 3.00 e. The van der Waals surface area contributed by atoms with Crippen LogP contribution in [0.25, 0.3) is 0 Å². The Kier molecular flexibility index (Phi) is 10.1. The maximum atomic E-state index is 3.08. The van der Waals surface area contributed by atoms with Crippen molar-refractivity contribution in [2.24, 2.45) is 0 Å². The summed E-state index contributed by atoms with van der Waals surface area (Å²) in [6, 6.07) is 4.95. The van der Waals surface area contributed by atoms with E-state index in [9.17, 15) is 0 Å². The second-order valence-corrected chi connectivity index (χ2v) is 2.72. The summed E-state index contributed by atoms with van der Waals surface area (Å²) in [6.07, 6.45) is 10.0. The molecule has 1 aromatic rings. The van der Waals surface area contributed by atoms with Gasteiger partial charge < -0.3 is 12.4 Å². The van der Waals surface area contributed by atoms with Crippen molar-refractivity contribution in [3.63, 3.8) is 0 Å². The third kappa shape index (κ3) is 6.85. The fraction of sp³-hybridized carbons (Fsp3) is 0.250. The summed E-state index contributed by atoms with van der Waals surface area (Å²) in [5.74, 6) is 0. The van der Waals surface area contributed by atoms with Crippen molar-refractivity contribution < 1.29 is 19.5 Å². The molecule has 0 amide bonds. The molecule has 2 heteroatoms. The van der Waals surface area contributed by atoms with Crippen LogP contribution in [-0.4, -0.2) is 4.98 Å². The van der Waals surface area contributed by atoms with Gasteiger partial charge in [0.25, 0.3) is 0 Å². The van der Waals surface area contributed by atoms with Gasteiger partial charge in [0.15, 0.2) is 0 Å². The molecule has 0 saturated carbocycles. The van der Waals surface area contributed by atoms with E-state index in [2.05, 4.69) is 23.2 Å². The number of allylic oxidation sites excluding steroid dienone is 4. The van der Waals surface area contributed by atoms with Crippen LogP contribution in [-0.2, 0) is 19.5 Å². The third-order valence-corrected chi connectivity index (χ3v) is 1.48. The number of aromatic amines is 1. The van der Waals surface area contributed by atoms with Crippen LogP contribution < -0.4 is 0 Å². The Bertz CT molecular complexity index is 258. The van der Waals surface area contributed by atoms with E-state index in [0.29, 0.717) is 0 Å². The Morgan fingerprint density at radius 1 is 1.36 bits per heavy atom. The molecule has 77 valence electrons. The van der Waals surface area contributed by atoms with E-state index in [1.54, 1.807) is 0 Å². The first-order valence-corrected chi connectivity index (χ1v) is 4.04. The van der Waals surface area contributed by atoms with Crippen LogP contribution in [0.5, 0.6) is 0 Å². The molecule has 0 unspecified atom stereocenters. The first-order valence-electron chi connectivity index (χ1n) is 4.04. The summed E-state index contributed by atoms with van der Waals surface area (Å²) in [6.45, 7) is 4.01. The molecule has 1 N–H and O–H groups in total. The summed E-state index contributed by atoms with van der Waals surface area (Å²) >= 11 is 0. The first-order chi connectivity index (χ1) is 5.79. The van der Waals surface area contributed by atoms with Crippen molar-refractivity contribution in [3.05, 3.63) is 55.3 Å². The molecule has 0 aliphatic heterocycles. The van der Waals surface area contributed by atoms with Gasteiger partial charge in [-0.2, -0.15) is 6.08 Å². The van der Waals surface area contributed by atoms with E-state index in [1.165, 1.54) is 5.69 Å². The van der Waals surface area contributed by atoms with Gasteiger partial charge in [0.1, 0.15) is 0 Å². The molecule has 0 saturated heterocycles. The Morgan fingerprint density at radius 3 is 2.21 bits per heavy atom. The molecule has 1 nitrogen and oxygen atoms in total. The number of aryl methyl sites for hydroxylation is 2. The van der Waals surface area contributed by atoms with E-state index in [0.717, 1.165) is 12.1 Å². The van der Waals surface area contributed by atoms with Crippen LogP contribution in [0.2, 0.25) is 0 Å². The zero-order valence-electron chi connectivity index (χ0n) is 8.87. The molecule has 1 aromatic heterocycles. The third-order valence-electron chi connectivity index (χ3n) is 1.48. The average Bonchev–Trinajstić information content (AvgIpc) is 2.63. The van der Waals surface area contributed by atoms with Crippen LogP contribution in [0.3, 0.4) is 0 Å². The van der Waals surface area contributed by atoms with Crippen LogP contribution in [0, 0.1) is 33.4 Å². The smallest absolute Gasteiger partial charge is 0.456 e. The SMILES string of the molecule is Cc1[c-]cc(C)[nH]1.[C-]1=CC=CC1.[CH3-].[Ru+3]. The van der Waals surface area contributed by atoms with Crippen LogP contribution in [0.1, 0.15) is 17.8 Å². The van der Waals surface area contributed by atoms with Crippen LogP contribution in [0.15, 0.2) is 24.3 Å². The number of H-pyrrole nitrogens is 1. The molecule has 0 fully saturated rings. The topological polar surface area (TPSA) is 15.8 Å². The second kappa shape index (κ2) is 8.96. The zero-order chi connectivity index (χ0) is 8.81. The van der Waals surface area contributed by atoms with E-state index in [4.69, 9.17) is 0 Å². The number of hydrogen-bond donors (Lipinski definition) is 1. The van der Waals surface area contributed by atoms with Crippen molar-refractivity contribution in [1.29, 1.82) is 0 Å². The quantitative estimate of drug-likeness (QED) is 0.553. The first kappa shape index (κ1) is 15.8. The molecule has 1 aliphatic rings. The molecule has 0 bridgehead atoms. The van der Waals surface area contributed by atoms with Crippen molar-refractivity contribution >= 4 is 0 Å². The summed E-state index contributed by atoms with van der Waals surface area (Å²) in [7, 11) is 0. The molecule has 14 heavy (non-hydrogen) atoms. The minimum absolute atomic E-state index is 0. The van der Waals surface area contributed by atoms with Gasteiger partial charge in [-0.25, -0.2) is 24.3 Å². The minimum atomic E-state index is 0. The second-order valence-electron chi connectivity index (χ2n) is 2.72. The number of nitrogens with one attached hydrogen (secondary N) is 1. The monoisotopic (exact) mass is 276 g/mol. The van der Waals surface area contributed by atoms with Gasteiger partial charge in [0.05, 0.1) is 0 Å². The summed E-state index contributed by atoms with van der Waals surface area (Å²) in [4.78, 5) is 3.08. The van der Waals surface area contributed by atoms with E-state index in [-0.39, 0.29) is 26.9 Å². The molecule has 1 heterocycles. The molecular weight excluding hydrogens is 259 g/mol.